The highest BCUT2D eigenvalue weighted by Gasteiger charge is 2.14. The molecule has 0 aliphatic rings. The summed E-state index contributed by atoms with van der Waals surface area (Å²) in [6, 6.07) is 11.3. The molecule has 0 aliphatic heterocycles. The van der Waals surface area contributed by atoms with Gasteiger partial charge in [-0.15, -0.1) is 11.3 Å². The molecule has 26 heavy (non-hydrogen) atoms. The second-order valence-electron chi connectivity index (χ2n) is 5.88. The van der Waals surface area contributed by atoms with E-state index in [4.69, 9.17) is 0 Å². The van der Waals surface area contributed by atoms with E-state index in [1.54, 1.807) is 17.5 Å². The molecular weight excluding hydrogens is 350 g/mol. The first-order valence-electron chi connectivity index (χ1n) is 8.44. The zero-order valence-corrected chi connectivity index (χ0v) is 15.7. The second-order valence-corrected chi connectivity index (χ2v) is 6.82. The summed E-state index contributed by atoms with van der Waals surface area (Å²) >= 11 is 1.30. The Morgan fingerprint density at radius 1 is 1.00 bits per heavy atom. The number of benzene rings is 1. The molecule has 3 N–H and O–H groups in total. The minimum absolute atomic E-state index is 0.0986. The Bertz CT molecular complexity index is 742. The molecule has 138 valence electrons. The molecule has 3 amide bonds. The highest BCUT2D eigenvalue weighted by molar-refractivity contribution is 7.12. The van der Waals surface area contributed by atoms with Crippen LogP contribution < -0.4 is 16.0 Å². The van der Waals surface area contributed by atoms with Gasteiger partial charge in [-0.05, 0) is 30.4 Å². The third kappa shape index (κ3) is 6.00. The van der Waals surface area contributed by atoms with Crippen molar-refractivity contribution in [2.45, 2.75) is 26.3 Å². The Labute approximate surface area is 157 Å². The van der Waals surface area contributed by atoms with E-state index in [1.165, 1.54) is 11.3 Å². The topological polar surface area (TPSA) is 87.3 Å². The molecule has 0 fully saturated rings. The molecule has 2 aromatic rings. The average Bonchev–Trinajstić information content (AvgIpc) is 3.18. The zero-order chi connectivity index (χ0) is 18.9. The summed E-state index contributed by atoms with van der Waals surface area (Å²) in [6.07, 6.45) is 0.750. The number of amides is 3. The van der Waals surface area contributed by atoms with Gasteiger partial charge >= 0.3 is 0 Å². The lowest BCUT2D eigenvalue weighted by molar-refractivity contribution is -0.126. The van der Waals surface area contributed by atoms with Gasteiger partial charge in [-0.2, -0.15) is 0 Å². The fourth-order valence-corrected chi connectivity index (χ4v) is 3.00. The summed E-state index contributed by atoms with van der Waals surface area (Å²) in [7, 11) is 0. The van der Waals surface area contributed by atoms with Gasteiger partial charge < -0.3 is 16.0 Å². The van der Waals surface area contributed by atoms with Crippen molar-refractivity contribution in [1.82, 2.24) is 16.0 Å². The quantitative estimate of drug-likeness (QED) is 0.663. The van der Waals surface area contributed by atoms with Crippen molar-refractivity contribution in [3.05, 3.63) is 57.8 Å². The van der Waals surface area contributed by atoms with Gasteiger partial charge in [0.05, 0.1) is 24.0 Å². The van der Waals surface area contributed by atoms with Crippen molar-refractivity contribution in [1.29, 1.82) is 0 Å². The van der Waals surface area contributed by atoms with Gasteiger partial charge in [0.2, 0.25) is 11.8 Å². The van der Waals surface area contributed by atoms with E-state index in [9.17, 15) is 14.4 Å². The smallest absolute Gasteiger partial charge is 0.261 e. The molecule has 0 saturated carbocycles. The second kappa shape index (κ2) is 9.72. The van der Waals surface area contributed by atoms with E-state index in [1.807, 2.05) is 38.1 Å². The number of carbonyl (C=O) groups is 3. The molecular formula is C19H23N3O3S. The van der Waals surface area contributed by atoms with Crippen molar-refractivity contribution in [2.75, 3.05) is 13.1 Å². The van der Waals surface area contributed by atoms with Gasteiger partial charge in [0.1, 0.15) is 0 Å². The molecule has 1 aromatic heterocycles. The molecule has 0 bridgehead atoms. The Kier molecular flexibility index (Phi) is 7.35. The molecule has 1 atom stereocenters. The first-order chi connectivity index (χ1) is 12.5. The van der Waals surface area contributed by atoms with Gasteiger partial charge in [0.25, 0.3) is 5.91 Å². The molecule has 0 saturated heterocycles. The van der Waals surface area contributed by atoms with Crippen molar-refractivity contribution >= 4 is 29.1 Å². The summed E-state index contributed by atoms with van der Waals surface area (Å²) in [5.41, 5.74) is 2.19. The van der Waals surface area contributed by atoms with Crippen LogP contribution >= 0.6 is 11.3 Å². The highest BCUT2D eigenvalue weighted by atomic mass is 32.1. The number of aryl methyl sites for hydroxylation is 1. The van der Waals surface area contributed by atoms with E-state index in [2.05, 4.69) is 16.0 Å². The lowest BCUT2D eigenvalue weighted by Crippen LogP contribution is -2.42. The standard InChI is InChI=1S/C19H23N3O3S/c1-3-15(14-8-6-13(2)7-9-14)22-18(24)12-20-17(23)11-21-19(25)16-5-4-10-26-16/h4-10,15H,3,11-12H2,1-2H3,(H,20,23)(H,21,25)(H,22,24)/t15-/m0/s1. The van der Waals surface area contributed by atoms with Crippen molar-refractivity contribution in [3.63, 3.8) is 0 Å². The first kappa shape index (κ1) is 19.7. The van der Waals surface area contributed by atoms with Crippen LogP contribution in [0.5, 0.6) is 0 Å². The summed E-state index contributed by atoms with van der Waals surface area (Å²) in [4.78, 5) is 36.1. The molecule has 1 aromatic carbocycles. The minimum Gasteiger partial charge on any atom is -0.348 e. The van der Waals surface area contributed by atoms with Gasteiger partial charge in [-0.25, -0.2) is 0 Å². The van der Waals surface area contributed by atoms with Crippen LogP contribution in [0.4, 0.5) is 0 Å². The molecule has 0 unspecified atom stereocenters. The van der Waals surface area contributed by atoms with Crippen LogP contribution in [-0.2, 0) is 9.59 Å². The van der Waals surface area contributed by atoms with Crippen LogP contribution in [0.25, 0.3) is 0 Å². The lowest BCUT2D eigenvalue weighted by atomic mass is 10.0. The van der Waals surface area contributed by atoms with E-state index in [0.717, 1.165) is 17.5 Å². The first-order valence-corrected chi connectivity index (χ1v) is 9.32. The summed E-state index contributed by atoms with van der Waals surface area (Å²) in [5.74, 6) is -0.978. The molecule has 6 nitrogen and oxygen atoms in total. The van der Waals surface area contributed by atoms with Crippen molar-refractivity contribution in [2.24, 2.45) is 0 Å². The Balaban J connectivity index is 1.73. The predicted molar refractivity (Wildman–Crippen MR) is 102 cm³/mol. The normalized spacial score (nSPS) is 11.5. The van der Waals surface area contributed by atoms with Crippen molar-refractivity contribution in [3.8, 4) is 0 Å². The van der Waals surface area contributed by atoms with Crippen LogP contribution in [0.15, 0.2) is 41.8 Å². The lowest BCUT2D eigenvalue weighted by Gasteiger charge is -2.18. The van der Waals surface area contributed by atoms with Crippen LogP contribution in [0.3, 0.4) is 0 Å². The Morgan fingerprint density at radius 2 is 1.69 bits per heavy atom. The van der Waals surface area contributed by atoms with Gasteiger partial charge in [0, 0.05) is 0 Å². The minimum atomic E-state index is -0.409. The summed E-state index contributed by atoms with van der Waals surface area (Å²) in [5, 5.41) is 9.73. The van der Waals surface area contributed by atoms with Gasteiger partial charge in [0.15, 0.2) is 0 Å². The monoisotopic (exact) mass is 373 g/mol. The van der Waals surface area contributed by atoms with Gasteiger partial charge in [-0.3, -0.25) is 14.4 Å². The maximum absolute atomic E-state index is 12.1. The molecule has 0 spiro atoms. The average molecular weight is 373 g/mol. The van der Waals surface area contributed by atoms with Crippen LogP contribution in [0, 0.1) is 6.92 Å². The van der Waals surface area contributed by atoms with Gasteiger partial charge in [-0.1, -0.05) is 42.8 Å². The number of rotatable bonds is 8. The summed E-state index contributed by atoms with van der Waals surface area (Å²) < 4.78 is 0. The largest absolute Gasteiger partial charge is 0.348 e. The maximum atomic E-state index is 12.1. The predicted octanol–water partition coefficient (Wildman–Crippen LogP) is 2.17. The number of hydrogen-bond acceptors (Lipinski definition) is 4. The molecule has 7 heteroatoms. The molecule has 0 radical (unpaired) electrons. The van der Waals surface area contributed by atoms with Crippen molar-refractivity contribution < 1.29 is 14.4 Å². The van der Waals surface area contributed by atoms with E-state index in [0.29, 0.717) is 4.88 Å². The van der Waals surface area contributed by atoms with E-state index < -0.39 is 5.91 Å². The third-order valence-electron chi connectivity index (χ3n) is 3.82. The van der Waals surface area contributed by atoms with Crippen LogP contribution in [0.2, 0.25) is 0 Å². The van der Waals surface area contributed by atoms with E-state index >= 15 is 0 Å². The molecule has 0 aliphatic carbocycles. The third-order valence-corrected chi connectivity index (χ3v) is 4.69. The Morgan fingerprint density at radius 3 is 2.31 bits per heavy atom. The number of carbonyl (C=O) groups excluding carboxylic acids is 3. The zero-order valence-electron chi connectivity index (χ0n) is 14.9. The summed E-state index contributed by atoms with van der Waals surface area (Å²) in [6.45, 7) is 3.70. The highest BCUT2D eigenvalue weighted by Crippen LogP contribution is 2.16. The van der Waals surface area contributed by atoms with Crippen LogP contribution in [0.1, 0.15) is 40.2 Å². The number of hydrogen-bond donors (Lipinski definition) is 3. The maximum Gasteiger partial charge on any atom is 0.261 e. The van der Waals surface area contributed by atoms with E-state index in [-0.39, 0.29) is 30.9 Å². The fraction of sp³-hybridized carbons (Fsp3) is 0.316. The fourth-order valence-electron chi connectivity index (χ4n) is 2.36. The Hall–Kier alpha value is -2.67. The number of thiophene rings is 1. The number of nitrogens with one attached hydrogen (secondary N) is 3. The molecule has 1 heterocycles. The molecule has 2 rings (SSSR count). The SMILES string of the molecule is CC[C@H](NC(=O)CNC(=O)CNC(=O)c1cccs1)c1ccc(C)cc1. The van der Waals surface area contributed by atoms with Crippen LogP contribution in [-0.4, -0.2) is 30.8 Å².